The van der Waals surface area contributed by atoms with Crippen molar-refractivity contribution < 1.29 is 4.92 Å². The van der Waals surface area contributed by atoms with Gasteiger partial charge in [0, 0.05) is 24.0 Å². The number of hydrogen-bond donors (Lipinski definition) is 0. The number of hydrogen-bond acceptors (Lipinski definition) is 5. The lowest BCUT2D eigenvalue weighted by molar-refractivity contribution is -0.391. The molecule has 0 aliphatic rings. The van der Waals surface area contributed by atoms with Crippen LogP contribution in [0.4, 0.5) is 5.82 Å². The van der Waals surface area contributed by atoms with E-state index in [9.17, 15) is 10.1 Å². The second-order valence-electron chi connectivity index (χ2n) is 4.41. The molecule has 3 rings (SSSR count). The summed E-state index contributed by atoms with van der Waals surface area (Å²) in [6.45, 7) is 0.216. The van der Waals surface area contributed by atoms with Crippen molar-refractivity contribution >= 4 is 27.4 Å². The van der Waals surface area contributed by atoms with Gasteiger partial charge in [-0.3, -0.25) is 0 Å². The number of alkyl halides is 1. The SMILES string of the molecule is O=[N+]([O-])c1c(Cn2cc(CCBr)nn2)nc2ccccn12. The molecule has 0 spiro atoms. The number of fused-ring (bicyclic) bond motifs is 1. The summed E-state index contributed by atoms with van der Waals surface area (Å²) >= 11 is 3.33. The summed E-state index contributed by atoms with van der Waals surface area (Å²) in [6, 6.07) is 5.25. The van der Waals surface area contributed by atoms with Gasteiger partial charge in [0.15, 0.2) is 5.69 Å². The first kappa shape index (κ1) is 13.7. The Morgan fingerprint density at radius 1 is 1.38 bits per heavy atom. The molecule has 0 N–H and O–H groups in total. The second kappa shape index (κ2) is 5.60. The van der Waals surface area contributed by atoms with E-state index in [-0.39, 0.29) is 12.4 Å². The van der Waals surface area contributed by atoms with Gasteiger partial charge >= 0.3 is 5.82 Å². The van der Waals surface area contributed by atoms with E-state index in [4.69, 9.17) is 0 Å². The van der Waals surface area contributed by atoms with Gasteiger partial charge in [-0.2, -0.15) is 4.40 Å². The molecule has 3 aromatic heterocycles. The van der Waals surface area contributed by atoms with Gasteiger partial charge in [0.05, 0.1) is 18.4 Å². The maximum atomic E-state index is 11.3. The third-order valence-electron chi connectivity index (χ3n) is 3.00. The molecule has 0 amide bonds. The lowest BCUT2D eigenvalue weighted by atomic mass is 10.4. The number of nitrogens with zero attached hydrogens (tertiary/aromatic N) is 6. The van der Waals surface area contributed by atoms with Crippen molar-refractivity contribution in [3.63, 3.8) is 0 Å². The molecule has 9 heteroatoms. The van der Waals surface area contributed by atoms with Crippen molar-refractivity contribution in [2.45, 2.75) is 13.0 Å². The Balaban J connectivity index is 1.99. The minimum absolute atomic E-state index is 0.0388. The van der Waals surface area contributed by atoms with Crippen LogP contribution in [0.15, 0.2) is 30.6 Å². The van der Waals surface area contributed by atoms with Crippen LogP contribution in [0.25, 0.3) is 5.65 Å². The van der Waals surface area contributed by atoms with E-state index in [1.807, 2.05) is 0 Å². The van der Waals surface area contributed by atoms with Gasteiger partial charge in [-0.15, -0.1) is 5.10 Å². The first-order valence-electron chi connectivity index (χ1n) is 6.24. The third kappa shape index (κ3) is 2.64. The van der Waals surface area contributed by atoms with E-state index in [0.717, 1.165) is 17.4 Å². The number of aryl methyl sites for hydroxylation is 1. The predicted octanol–water partition coefficient (Wildman–Crippen LogP) is 1.82. The van der Waals surface area contributed by atoms with Crippen molar-refractivity contribution in [1.29, 1.82) is 0 Å². The predicted molar refractivity (Wildman–Crippen MR) is 78.5 cm³/mol. The minimum atomic E-state index is -0.425. The molecular formula is C12H11BrN6O2. The van der Waals surface area contributed by atoms with Gasteiger partial charge in [-0.1, -0.05) is 27.2 Å². The average molecular weight is 351 g/mol. The maximum absolute atomic E-state index is 11.3. The standard InChI is InChI=1S/C12H11BrN6O2/c13-5-4-9-7-17(16-15-9)8-10-12(19(20)21)18-6-2-1-3-11(18)14-10/h1-3,6-7H,4-5,8H2. The summed E-state index contributed by atoms with van der Waals surface area (Å²) < 4.78 is 3.03. The minimum Gasteiger partial charge on any atom is -0.358 e. The van der Waals surface area contributed by atoms with Crippen molar-refractivity contribution in [3.8, 4) is 0 Å². The van der Waals surface area contributed by atoms with Crippen molar-refractivity contribution in [3.05, 3.63) is 52.1 Å². The fraction of sp³-hybridized carbons (Fsp3) is 0.250. The van der Waals surface area contributed by atoms with Gasteiger partial charge in [-0.05, 0) is 11.0 Å². The van der Waals surface area contributed by atoms with Crippen LogP contribution in [0, 0.1) is 10.1 Å². The number of halogens is 1. The number of pyridine rings is 1. The van der Waals surface area contributed by atoms with Crippen LogP contribution in [0.3, 0.4) is 0 Å². The zero-order valence-corrected chi connectivity index (χ0v) is 12.5. The van der Waals surface area contributed by atoms with Gasteiger partial charge in [0.25, 0.3) is 0 Å². The largest absolute Gasteiger partial charge is 0.358 e. The van der Waals surface area contributed by atoms with Gasteiger partial charge in [0.1, 0.15) is 0 Å². The molecule has 0 saturated carbocycles. The summed E-state index contributed by atoms with van der Waals surface area (Å²) in [5.74, 6) is -0.0388. The summed E-state index contributed by atoms with van der Waals surface area (Å²) in [6.07, 6.45) is 4.16. The molecule has 3 aromatic rings. The van der Waals surface area contributed by atoms with E-state index in [1.165, 1.54) is 4.40 Å². The molecule has 0 unspecified atom stereocenters. The third-order valence-corrected chi connectivity index (χ3v) is 3.39. The molecule has 0 radical (unpaired) electrons. The van der Waals surface area contributed by atoms with Gasteiger partial charge in [-0.25, -0.2) is 9.67 Å². The molecule has 0 aliphatic heterocycles. The molecule has 0 atom stereocenters. The average Bonchev–Trinajstić information content (AvgIpc) is 3.03. The van der Waals surface area contributed by atoms with Crippen molar-refractivity contribution in [2.75, 3.05) is 5.33 Å². The van der Waals surface area contributed by atoms with Gasteiger partial charge in [0.2, 0.25) is 5.65 Å². The van der Waals surface area contributed by atoms with E-state index in [0.29, 0.717) is 11.3 Å². The maximum Gasteiger partial charge on any atom is 0.353 e. The van der Waals surface area contributed by atoms with Crippen molar-refractivity contribution in [2.24, 2.45) is 0 Å². The number of aromatic nitrogens is 5. The van der Waals surface area contributed by atoms with Crippen molar-refractivity contribution in [1.82, 2.24) is 24.4 Å². The number of rotatable bonds is 5. The topological polar surface area (TPSA) is 91.1 Å². The van der Waals surface area contributed by atoms with Crippen LogP contribution in [-0.4, -0.2) is 34.6 Å². The van der Waals surface area contributed by atoms with E-state index in [2.05, 4.69) is 31.2 Å². The Hall–Kier alpha value is -2.29. The zero-order chi connectivity index (χ0) is 14.8. The molecule has 0 bridgehead atoms. The molecule has 0 aliphatic carbocycles. The van der Waals surface area contributed by atoms with E-state index < -0.39 is 4.92 Å². The summed E-state index contributed by atoms with van der Waals surface area (Å²) in [4.78, 5) is 15.2. The Labute approximate surface area is 127 Å². The lowest BCUT2D eigenvalue weighted by Gasteiger charge is -1.98. The Bertz CT molecular complexity index is 796. The normalized spacial score (nSPS) is 11.1. The summed E-state index contributed by atoms with van der Waals surface area (Å²) in [7, 11) is 0. The Kier molecular flexibility index (Phi) is 3.65. The summed E-state index contributed by atoms with van der Waals surface area (Å²) in [5, 5.41) is 20.1. The van der Waals surface area contributed by atoms with Crippen LogP contribution < -0.4 is 0 Å². The zero-order valence-electron chi connectivity index (χ0n) is 10.9. The smallest absolute Gasteiger partial charge is 0.353 e. The highest BCUT2D eigenvalue weighted by molar-refractivity contribution is 9.09. The molecule has 0 aromatic carbocycles. The quantitative estimate of drug-likeness (QED) is 0.397. The van der Waals surface area contributed by atoms with Gasteiger partial charge < -0.3 is 10.1 Å². The van der Waals surface area contributed by atoms with Crippen LogP contribution in [0.2, 0.25) is 0 Å². The van der Waals surface area contributed by atoms with Crippen LogP contribution in [-0.2, 0) is 13.0 Å². The first-order valence-corrected chi connectivity index (χ1v) is 7.36. The first-order chi connectivity index (χ1) is 10.2. The highest BCUT2D eigenvalue weighted by Crippen LogP contribution is 2.21. The van der Waals surface area contributed by atoms with Crippen LogP contribution in [0.5, 0.6) is 0 Å². The lowest BCUT2D eigenvalue weighted by Crippen LogP contribution is -2.04. The Morgan fingerprint density at radius 3 is 3.00 bits per heavy atom. The molecular weight excluding hydrogens is 340 g/mol. The molecule has 8 nitrogen and oxygen atoms in total. The molecule has 3 heterocycles. The molecule has 21 heavy (non-hydrogen) atoms. The fourth-order valence-corrected chi connectivity index (χ4v) is 2.52. The van der Waals surface area contributed by atoms with Crippen LogP contribution >= 0.6 is 15.9 Å². The monoisotopic (exact) mass is 350 g/mol. The van der Waals surface area contributed by atoms with E-state index >= 15 is 0 Å². The summed E-state index contributed by atoms with van der Waals surface area (Å²) in [5.41, 5.74) is 1.74. The molecule has 0 fully saturated rings. The number of nitro groups is 1. The Morgan fingerprint density at radius 2 is 2.24 bits per heavy atom. The van der Waals surface area contributed by atoms with Crippen LogP contribution in [0.1, 0.15) is 11.4 Å². The highest BCUT2D eigenvalue weighted by Gasteiger charge is 2.22. The second-order valence-corrected chi connectivity index (χ2v) is 5.21. The number of imidazole rings is 1. The van der Waals surface area contributed by atoms with E-state index in [1.54, 1.807) is 35.3 Å². The fourth-order valence-electron chi connectivity index (χ4n) is 2.11. The highest BCUT2D eigenvalue weighted by atomic mass is 79.9. The molecule has 0 saturated heterocycles. The molecule has 108 valence electrons.